The van der Waals surface area contributed by atoms with Gasteiger partial charge in [0.1, 0.15) is 5.82 Å². The van der Waals surface area contributed by atoms with Crippen molar-refractivity contribution in [3.63, 3.8) is 0 Å². The van der Waals surface area contributed by atoms with Crippen molar-refractivity contribution < 1.29 is 4.79 Å². The summed E-state index contributed by atoms with van der Waals surface area (Å²) in [6.45, 7) is 4.48. The highest BCUT2D eigenvalue weighted by Gasteiger charge is 2.36. The van der Waals surface area contributed by atoms with E-state index >= 15 is 0 Å². The first-order chi connectivity index (χ1) is 16.0. The summed E-state index contributed by atoms with van der Waals surface area (Å²) in [5.41, 5.74) is 4.10. The van der Waals surface area contributed by atoms with Crippen LogP contribution in [0.4, 0.5) is 11.6 Å². The molecule has 1 amide bonds. The zero-order valence-corrected chi connectivity index (χ0v) is 18.6. The van der Waals surface area contributed by atoms with Crippen molar-refractivity contribution in [1.29, 1.82) is 0 Å². The fourth-order valence-corrected chi connectivity index (χ4v) is 4.05. The number of amides is 1. The lowest BCUT2D eigenvalue weighted by molar-refractivity contribution is -0.128. The van der Waals surface area contributed by atoms with Crippen LogP contribution in [0.3, 0.4) is 0 Å². The first-order valence-corrected chi connectivity index (χ1v) is 11.0. The lowest BCUT2D eigenvalue weighted by Crippen LogP contribution is -2.37. The molecule has 1 aliphatic rings. The number of nitrogens with zero attached hydrogens (tertiary/aromatic N) is 5. The lowest BCUT2D eigenvalue weighted by atomic mass is 9.72. The third-order valence-electron chi connectivity index (χ3n) is 5.89. The topological polar surface area (TPSA) is 113 Å². The van der Waals surface area contributed by atoms with Crippen LogP contribution in [-0.2, 0) is 11.3 Å². The number of rotatable bonds is 7. The van der Waals surface area contributed by atoms with Gasteiger partial charge in [-0.25, -0.2) is 14.6 Å². The molecule has 3 N–H and O–H groups in total. The van der Waals surface area contributed by atoms with Crippen LogP contribution in [-0.4, -0.2) is 35.9 Å². The molecule has 0 saturated heterocycles. The molecule has 0 spiro atoms. The summed E-state index contributed by atoms with van der Waals surface area (Å²) in [7, 11) is 0. The van der Waals surface area contributed by atoms with E-state index in [1.54, 1.807) is 17.1 Å². The number of anilines is 2. The van der Waals surface area contributed by atoms with Crippen molar-refractivity contribution in [2.75, 3.05) is 5.32 Å². The van der Waals surface area contributed by atoms with Gasteiger partial charge in [-0.1, -0.05) is 6.07 Å². The summed E-state index contributed by atoms with van der Waals surface area (Å²) in [4.78, 5) is 21.8. The predicted octanol–water partition coefficient (Wildman–Crippen LogP) is 3.56. The Labute approximate surface area is 191 Å². The average Bonchev–Trinajstić information content (AvgIpc) is 3.43. The highest BCUT2D eigenvalue weighted by atomic mass is 16.1. The molecule has 0 atom stereocenters. The van der Waals surface area contributed by atoms with Gasteiger partial charge in [0.25, 0.3) is 0 Å². The molecule has 0 radical (unpaired) electrons. The van der Waals surface area contributed by atoms with E-state index in [4.69, 9.17) is 4.98 Å². The molecule has 1 fully saturated rings. The number of aryl methyl sites for hydroxylation is 2. The third-order valence-corrected chi connectivity index (χ3v) is 5.89. The van der Waals surface area contributed by atoms with Gasteiger partial charge in [-0.05, 0) is 62.1 Å². The molecular weight excluding hydrogens is 416 g/mol. The minimum absolute atomic E-state index is 0.0130. The highest BCUT2D eigenvalue weighted by Crippen LogP contribution is 2.41. The number of aromatic nitrogens is 6. The Hall–Kier alpha value is -4.01. The Morgan fingerprint density at radius 1 is 1.18 bits per heavy atom. The number of carbonyl (C=O) groups is 1. The number of hydrogen-bond acceptors (Lipinski definition) is 6. The Balaban J connectivity index is 1.14. The van der Waals surface area contributed by atoms with Crippen molar-refractivity contribution in [2.45, 2.75) is 39.2 Å². The van der Waals surface area contributed by atoms with Gasteiger partial charge < -0.3 is 10.6 Å². The van der Waals surface area contributed by atoms with Gasteiger partial charge in [0, 0.05) is 54.4 Å². The number of nitrogens with one attached hydrogen (secondary N) is 3. The average molecular weight is 443 g/mol. The molecule has 4 aromatic heterocycles. The zero-order valence-electron chi connectivity index (χ0n) is 18.6. The number of aromatic amines is 1. The van der Waals surface area contributed by atoms with Crippen molar-refractivity contribution >= 4 is 17.5 Å². The molecule has 9 nitrogen and oxygen atoms in total. The predicted molar refractivity (Wildman–Crippen MR) is 124 cm³/mol. The normalized spacial score (nSPS) is 17.4. The van der Waals surface area contributed by atoms with Crippen molar-refractivity contribution in [3.8, 4) is 5.82 Å². The first-order valence-electron chi connectivity index (χ1n) is 11.0. The van der Waals surface area contributed by atoms with Gasteiger partial charge in [0.15, 0.2) is 11.6 Å². The van der Waals surface area contributed by atoms with E-state index in [2.05, 4.69) is 43.9 Å². The molecule has 33 heavy (non-hydrogen) atoms. The van der Waals surface area contributed by atoms with Crippen LogP contribution in [0.2, 0.25) is 0 Å². The molecule has 168 valence electrons. The van der Waals surface area contributed by atoms with E-state index in [9.17, 15) is 4.79 Å². The largest absolute Gasteiger partial charge is 0.352 e. The second-order valence-corrected chi connectivity index (χ2v) is 8.57. The van der Waals surface area contributed by atoms with Crippen LogP contribution in [0.25, 0.3) is 5.82 Å². The zero-order chi connectivity index (χ0) is 22.8. The summed E-state index contributed by atoms with van der Waals surface area (Å²) in [5.74, 6) is 2.65. The van der Waals surface area contributed by atoms with Crippen LogP contribution < -0.4 is 10.6 Å². The van der Waals surface area contributed by atoms with Crippen LogP contribution in [0.5, 0.6) is 0 Å². The minimum atomic E-state index is 0.0130. The van der Waals surface area contributed by atoms with E-state index in [1.165, 1.54) is 0 Å². The van der Waals surface area contributed by atoms with Gasteiger partial charge in [-0.3, -0.25) is 9.89 Å². The molecule has 0 bridgehead atoms. The monoisotopic (exact) mass is 442 g/mol. The molecule has 1 saturated carbocycles. The van der Waals surface area contributed by atoms with Crippen molar-refractivity contribution in [2.24, 2.45) is 5.92 Å². The maximum Gasteiger partial charge on any atom is 0.223 e. The van der Waals surface area contributed by atoms with E-state index in [-0.39, 0.29) is 17.7 Å². The molecule has 5 rings (SSSR count). The minimum Gasteiger partial charge on any atom is -0.352 e. The summed E-state index contributed by atoms with van der Waals surface area (Å²) in [6.07, 6.45) is 6.94. The summed E-state index contributed by atoms with van der Waals surface area (Å²) in [5, 5.41) is 17.6. The van der Waals surface area contributed by atoms with Crippen LogP contribution in [0, 0.1) is 19.8 Å². The number of H-pyrrole nitrogens is 1. The number of pyridine rings is 2. The lowest BCUT2D eigenvalue weighted by Gasteiger charge is -2.34. The van der Waals surface area contributed by atoms with E-state index < -0.39 is 0 Å². The molecule has 4 heterocycles. The fourth-order valence-electron chi connectivity index (χ4n) is 4.05. The second-order valence-electron chi connectivity index (χ2n) is 8.57. The van der Waals surface area contributed by atoms with Crippen LogP contribution in [0.15, 0.2) is 55.0 Å². The number of carbonyl (C=O) groups excluding carboxylic acids is 1. The maximum absolute atomic E-state index is 12.6. The Bertz CT molecular complexity index is 1240. The van der Waals surface area contributed by atoms with Crippen LogP contribution in [0.1, 0.15) is 41.3 Å². The second kappa shape index (κ2) is 8.85. The van der Waals surface area contributed by atoms with Gasteiger partial charge in [0.05, 0.1) is 0 Å². The molecule has 9 heteroatoms. The standard InChI is InChI=1S/C24H26N8O/c1-15-8-20(28-21(9-15)29-22-10-16(2)30-31-22)18-11-19(12-18)24(33)26-14-17-4-5-23(25-13-17)32-7-3-6-27-32/h3-10,13,18-19H,11-12,14H2,1-2H3,(H,26,33)(H2,28,29,30,31). The Morgan fingerprint density at radius 3 is 2.76 bits per heavy atom. The first kappa shape index (κ1) is 20.9. The third kappa shape index (κ3) is 4.77. The van der Waals surface area contributed by atoms with Crippen molar-refractivity contribution in [1.82, 2.24) is 35.3 Å². The van der Waals surface area contributed by atoms with E-state index in [0.29, 0.717) is 6.54 Å². The molecule has 4 aromatic rings. The number of hydrogen-bond donors (Lipinski definition) is 3. The quantitative estimate of drug-likeness (QED) is 0.403. The maximum atomic E-state index is 12.6. The van der Waals surface area contributed by atoms with Gasteiger partial charge in [0.2, 0.25) is 5.91 Å². The smallest absolute Gasteiger partial charge is 0.223 e. The van der Waals surface area contributed by atoms with Crippen molar-refractivity contribution in [3.05, 3.63) is 77.5 Å². The molecule has 0 unspecified atom stereocenters. The summed E-state index contributed by atoms with van der Waals surface area (Å²) < 4.78 is 1.70. The molecular formula is C24H26N8O. The van der Waals surface area contributed by atoms with E-state index in [0.717, 1.165) is 52.8 Å². The Kier molecular flexibility index (Phi) is 5.60. The Morgan fingerprint density at radius 2 is 2.06 bits per heavy atom. The molecule has 0 aromatic carbocycles. The van der Waals surface area contributed by atoms with Gasteiger partial charge in [-0.2, -0.15) is 10.2 Å². The van der Waals surface area contributed by atoms with Gasteiger partial charge in [-0.15, -0.1) is 0 Å². The van der Waals surface area contributed by atoms with E-state index in [1.807, 2.05) is 43.5 Å². The highest BCUT2D eigenvalue weighted by molar-refractivity contribution is 5.79. The molecule has 0 aliphatic heterocycles. The summed E-state index contributed by atoms with van der Waals surface area (Å²) in [6, 6.07) is 11.8. The molecule has 1 aliphatic carbocycles. The van der Waals surface area contributed by atoms with Gasteiger partial charge >= 0.3 is 0 Å². The summed E-state index contributed by atoms with van der Waals surface area (Å²) >= 11 is 0. The van der Waals surface area contributed by atoms with Crippen LogP contribution >= 0.6 is 0 Å². The fraction of sp³-hybridized carbons (Fsp3) is 0.292. The SMILES string of the molecule is Cc1cc(Nc2cc(C)[nH]n2)nc(C2CC(C(=O)NCc3ccc(-n4cccn4)nc3)C2)c1.